The number of nitrogens with zero attached hydrogens (tertiary/aromatic N) is 4. The number of rotatable bonds is 2. The molecule has 3 rings (SSSR count). The topological polar surface area (TPSA) is 50.3 Å². The molecule has 1 N–H and O–H groups in total. The Labute approximate surface area is 110 Å². The molecule has 0 amide bonds. The highest BCUT2D eigenvalue weighted by Gasteiger charge is 2.55. The first-order chi connectivity index (χ1) is 8.46. The molecule has 0 unspecified atom stereocenters. The Kier molecular flexibility index (Phi) is 4.24. The second kappa shape index (κ2) is 5.39. The SMILES string of the molecule is CN1CCN2CCN(C)[P+]1(CC(=O)O)N(C)CC2. The summed E-state index contributed by atoms with van der Waals surface area (Å²) in [6.45, 7) is 6.03. The highest BCUT2D eigenvalue weighted by molar-refractivity contribution is 7.69. The molecule has 0 aliphatic carbocycles. The van der Waals surface area contributed by atoms with Crippen LogP contribution >= 0.6 is 7.71 Å². The van der Waals surface area contributed by atoms with Gasteiger partial charge in [0, 0.05) is 60.4 Å². The molecule has 0 radical (unpaired) electrons. The van der Waals surface area contributed by atoms with Crippen molar-refractivity contribution in [1.82, 2.24) is 18.9 Å². The number of fused-ring (bicyclic) bond motifs is 6. The quantitative estimate of drug-likeness (QED) is 0.714. The number of likely N-dealkylation sites (N-methyl/N-ethyl adjacent to an activating group) is 3. The fraction of sp³-hybridized carbons (Fsp3) is 0.909. The van der Waals surface area contributed by atoms with Crippen LogP contribution in [0.4, 0.5) is 0 Å². The van der Waals surface area contributed by atoms with Crippen molar-refractivity contribution in [3.05, 3.63) is 0 Å². The molecule has 0 saturated carbocycles. The Balaban J connectivity index is 2.37. The van der Waals surface area contributed by atoms with E-state index in [1.165, 1.54) is 0 Å². The molecule has 3 aliphatic heterocycles. The summed E-state index contributed by atoms with van der Waals surface area (Å²) < 4.78 is 6.89. The summed E-state index contributed by atoms with van der Waals surface area (Å²) >= 11 is 0. The molecule has 0 aromatic heterocycles. The number of hydrogen-bond donors (Lipinski definition) is 1. The fourth-order valence-electron chi connectivity index (χ4n) is 3.00. The molecule has 0 aromatic carbocycles. The number of carboxylic acid groups (broad SMARTS) is 1. The van der Waals surface area contributed by atoms with Crippen LogP contribution in [0.2, 0.25) is 0 Å². The summed E-state index contributed by atoms with van der Waals surface area (Å²) in [5, 5.41) is 9.32. The lowest BCUT2D eigenvalue weighted by Crippen LogP contribution is -2.55. The molecule has 0 atom stereocenters. The molecule has 3 fully saturated rings. The first kappa shape index (κ1) is 14.2. The van der Waals surface area contributed by atoms with Gasteiger partial charge >= 0.3 is 5.97 Å². The van der Waals surface area contributed by atoms with Crippen LogP contribution in [0.3, 0.4) is 0 Å². The minimum atomic E-state index is -1.88. The average molecular weight is 275 g/mol. The Morgan fingerprint density at radius 3 is 1.67 bits per heavy atom. The van der Waals surface area contributed by atoms with Gasteiger partial charge in [0.05, 0.1) is 0 Å². The maximum Gasteiger partial charge on any atom is 0.346 e. The smallest absolute Gasteiger partial charge is 0.346 e. The molecule has 6 nitrogen and oxygen atoms in total. The highest BCUT2D eigenvalue weighted by Crippen LogP contribution is 2.65. The highest BCUT2D eigenvalue weighted by atomic mass is 31.2. The van der Waals surface area contributed by atoms with Gasteiger partial charge in [0.25, 0.3) is 0 Å². The number of hydrogen-bond acceptors (Lipinski definition) is 5. The van der Waals surface area contributed by atoms with Crippen molar-refractivity contribution in [2.45, 2.75) is 0 Å². The minimum Gasteiger partial charge on any atom is -0.478 e. The Hall–Kier alpha value is -0.260. The molecule has 2 bridgehead atoms. The molecule has 104 valence electrons. The molecule has 0 spiro atoms. The zero-order valence-electron chi connectivity index (χ0n) is 11.5. The summed E-state index contributed by atoms with van der Waals surface area (Å²) in [5.74, 6) is -0.688. The van der Waals surface area contributed by atoms with Crippen LogP contribution < -0.4 is 0 Å². The molecule has 3 saturated heterocycles. The van der Waals surface area contributed by atoms with Crippen molar-refractivity contribution in [3.8, 4) is 0 Å². The van der Waals surface area contributed by atoms with Crippen LogP contribution in [0, 0.1) is 0 Å². The van der Waals surface area contributed by atoms with Crippen LogP contribution in [0.25, 0.3) is 0 Å². The van der Waals surface area contributed by atoms with Gasteiger partial charge in [-0.05, 0) is 0 Å². The molecule has 3 aliphatic rings. The van der Waals surface area contributed by atoms with E-state index in [1.807, 2.05) is 0 Å². The van der Waals surface area contributed by atoms with Crippen LogP contribution in [0.1, 0.15) is 0 Å². The molecular weight excluding hydrogens is 251 g/mol. The van der Waals surface area contributed by atoms with Crippen molar-refractivity contribution in [2.75, 3.05) is 66.6 Å². The summed E-state index contributed by atoms with van der Waals surface area (Å²) in [6, 6.07) is 0. The van der Waals surface area contributed by atoms with Gasteiger partial charge in [-0.3, -0.25) is 4.90 Å². The third-order valence-corrected chi connectivity index (χ3v) is 8.78. The second-order valence-electron chi connectivity index (χ2n) is 5.23. The third kappa shape index (κ3) is 2.40. The average Bonchev–Trinajstić information content (AvgIpc) is 2.30. The zero-order valence-corrected chi connectivity index (χ0v) is 12.4. The van der Waals surface area contributed by atoms with Crippen molar-refractivity contribution in [2.24, 2.45) is 0 Å². The van der Waals surface area contributed by atoms with E-state index in [-0.39, 0.29) is 6.16 Å². The lowest BCUT2D eigenvalue weighted by Gasteiger charge is -2.48. The van der Waals surface area contributed by atoms with Crippen LogP contribution in [-0.4, -0.2) is 96.6 Å². The van der Waals surface area contributed by atoms with E-state index in [0.29, 0.717) is 0 Å². The Bertz CT molecular complexity index is 292. The van der Waals surface area contributed by atoms with Crippen LogP contribution in [0.15, 0.2) is 0 Å². The van der Waals surface area contributed by atoms with Gasteiger partial charge in [-0.2, -0.15) is 0 Å². The molecular formula is C11H24N4O2P+. The molecule has 0 aromatic rings. The van der Waals surface area contributed by atoms with Crippen molar-refractivity contribution in [3.63, 3.8) is 0 Å². The molecule has 18 heavy (non-hydrogen) atoms. The number of carboxylic acids is 1. The lowest BCUT2D eigenvalue weighted by atomic mass is 10.4. The standard InChI is InChI=1S/C11H23N4O2P/c1-12-4-7-15-8-5-13(2)18(12,10-11(16)17)14(3)6-9-15/h4-10H2,1-3H3/p+1. The lowest BCUT2D eigenvalue weighted by molar-refractivity contribution is -0.134. The van der Waals surface area contributed by atoms with Gasteiger partial charge in [-0.1, -0.05) is 0 Å². The largest absolute Gasteiger partial charge is 0.478 e. The van der Waals surface area contributed by atoms with Crippen molar-refractivity contribution >= 4 is 13.7 Å². The van der Waals surface area contributed by atoms with E-state index in [1.54, 1.807) is 0 Å². The maximum absolute atomic E-state index is 11.3. The van der Waals surface area contributed by atoms with Crippen LogP contribution in [-0.2, 0) is 4.79 Å². The normalized spacial score (nSPS) is 36.1. The minimum absolute atomic E-state index is 0.247. The van der Waals surface area contributed by atoms with Crippen LogP contribution in [0.5, 0.6) is 0 Å². The van der Waals surface area contributed by atoms with E-state index < -0.39 is 13.7 Å². The van der Waals surface area contributed by atoms with Gasteiger partial charge in [-0.15, -0.1) is 14.0 Å². The first-order valence-electron chi connectivity index (χ1n) is 6.44. The van der Waals surface area contributed by atoms with E-state index in [0.717, 1.165) is 39.3 Å². The zero-order chi connectivity index (χ0) is 13.3. The van der Waals surface area contributed by atoms with Crippen molar-refractivity contribution in [1.29, 1.82) is 0 Å². The fourth-order valence-corrected chi connectivity index (χ4v) is 6.88. The second-order valence-corrected chi connectivity index (χ2v) is 8.98. The van der Waals surface area contributed by atoms with Gasteiger partial charge in [0.1, 0.15) is 0 Å². The summed E-state index contributed by atoms with van der Waals surface area (Å²) in [6.07, 6.45) is 0.247. The molecule has 7 heteroatoms. The third-order valence-electron chi connectivity index (χ3n) is 4.21. The van der Waals surface area contributed by atoms with Gasteiger partial charge in [0.2, 0.25) is 13.9 Å². The predicted molar refractivity (Wildman–Crippen MR) is 73.8 cm³/mol. The monoisotopic (exact) mass is 275 g/mol. The van der Waals surface area contributed by atoms with Crippen molar-refractivity contribution < 1.29 is 9.90 Å². The van der Waals surface area contributed by atoms with Gasteiger partial charge in [-0.25, -0.2) is 4.79 Å². The van der Waals surface area contributed by atoms with Gasteiger partial charge < -0.3 is 5.11 Å². The van der Waals surface area contributed by atoms with E-state index in [2.05, 4.69) is 40.1 Å². The Morgan fingerprint density at radius 2 is 1.33 bits per heavy atom. The Morgan fingerprint density at radius 1 is 0.944 bits per heavy atom. The summed E-state index contributed by atoms with van der Waals surface area (Å²) in [4.78, 5) is 13.8. The predicted octanol–water partition coefficient (Wildman–Crippen LogP) is -0.0418. The first-order valence-corrected chi connectivity index (χ1v) is 8.27. The maximum atomic E-state index is 11.3. The number of aliphatic carboxylic acids is 1. The summed E-state index contributed by atoms with van der Waals surface area (Å²) in [7, 11) is 4.37. The number of carbonyl (C=O) groups is 1. The summed E-state index contributed by atoms with van der Waals surface area (Å²) in [5.41, 5.74) is 0. The van der Waals surface area contributed by atoms with E-state index in [4.69, 9.17) is 0 Å². The van der Waals surface area contributed by atoms with E-state index in [9.17, 15) is 9.90 Å². The van der Waals surface area contributed by atoms with E-state index >= 15 is 0 Å². The van der Waals surface area contributed by atoms with Gasteiger partial charge in [0.15, 0.2) is 0 Å². The molecule has 3 heterocycles.